The molecule has 0 fully saturated rings. The molecule has 0 aromatic heterocycles. The Morgan fingerprint density at radius 2 is 2.30 bits per heavy atom. The normalized spacial score (nSPS) is 15.6. The summed E-state index contributed by atoms with van der Waals surface area (Å²) in [5.41, 5.74) is 0. The molecule has 0 saturated carbocycles. The molecule has 0 heterocycles. The zero-order valence-corrected chi connectivity index (χ0v) is 8.60. The van der Waals surface area contributed by atoms with Gasteiger partial charge in [0, 0.05) is 0 Å². The highest BCUT2D eigenvalue weighted by molar-refractivity contribution is 14.1. The molecule has 0 aromatic carbocycles. The maximum atomic E-state index is 10.5. The summed E-state index contributed by atoms with van der Waals surface area (Å²) in [4.78, 5) is 10.5. The molecule has 0 saturated heterocycles. The van der Waals surface area contributed by atoms with E-state index in [1.165, 1.54) is 0 Å². The van der Waals surface area contributed by atoms with Crippen molar-refractivity contribution >= 4 is 40.3 Å². The number of carbonyl (C=O) groups is 1. The lowest BCUT2D eigenvalue weighted by Gasteiger charge is -2.13. The van der Waals surface area contributed by atoms with Crippen molar-refractivity contribution in [2.24, 2.45) is 0 Å². The summed E-state index contributed by atoms with van der Waals surface area (Å²) in [7, 11) is 0. The minimum atomic E-state index is -1.01. The van der Waals surface area contributed by atoms with Crippen molar-refractivity contribution < 1.29 is 14.3 Å². The fourth-order valence-corrected chi connectivity index (χ4v) is 0.536. The molecule has 0 aliphatic carbocycles. The third kappa shape index (κ3) is 6.41. The van der Waals surface area contributed by atoms with Crippen LogP contribution in [0.3, 0.4) is 0 Å². The van der Waals surface area contributed by atoms with Gasteiger partial charge in [-0.05, 0) is 36.4 Å². The second-order valence-corrected chi connectivity index (χ2v) is 5.01. The van der Waals surface area contributed by atoms with Crippen LogP contribution in [0.15, 0.2) is 0 Å². The zero-order valence-electron chi connectivity index (χ0n) is 5.69. The van der Waals surface area contributed by atoms with Crippen LogP contribution in [0.4, 0.5) is 4.79 Å². The summed E-state index contributed by atoms with van der Waals surface area (Å²) >= 11 is 7.30. The van der Waals surface area contributed by atoms with Gasteiger partial charge in [-0.2, -0.15) is 0 Å². The Hall–Kier alpha value is 0.290. The van der Waals surface area contributed by atoms with Crippen LogP contribution in [0.2, 0.25) is 0 Å². The molecule has 60 valence electrons. The van der Waals surface area contributed by atoms with Gasteiger partial charge in [-0.1, -0.05) is 11.6 Å². The quantitative estimate of drug-likeness (QED) is 0.442. The van der Waals surface area contributed by atoms with E-state index in [1.807, 2.05) is 0 Å². The van der Waals surface area contributed by atoms with Gasteiger partial charge in [0.05, 0.1) is 6.61 Å². The monoisotopic (exact) mass is 278 g/mol. The van der Waals surface area contributed by atoms with Gasteiger partial charge in [-0.25, -0.2) is 4.79 Å². The summed E-state index contributed by atoms with van der Waals surface area (Å²) in [6, 6.07) is 0. The SMILES string of the molecule is CCOC(=O)OC(C)(Cl)I. The third-order valence-electron chi connectivity index (χ3n) is 0.525. The van der Waals surface area contributed by atoms with Crippen molar-refractivity contribution in [1.29, 1.82) is 0 Å². The molecule has 1 atom stereocenters. The van der Waals surface area contributed by atoms with Gasteiger partial charge >= 0.3 is 6.16 Å². The maximum Gasteiger partial charge on any atom is 0.510 e. The highest BCUT2D eigenvalue weighted by Crippen LogP contribution is 2.24. The summed E-state index contributed by atoms with van der Waals surface area (Å²) in [6.45, 7) is 3.54. The van der Waals surface area contributed by atoms with Gasteiger partial charge < -0.3 is 9.47 Å². The van der Waals surface area contributed by atoms with Crippen molar-refractivity contribution in [3.63, 3.8) is 0 Å². The molecular formula is C5H8ClIO3. The lowest BCUT2D eigenvalue weighted by molar-refractivity contribution is 0.0492. The van der Waals surface area contributed by atoms with Crippen LogP contribution in [-0.4, -0.2) is 15.8 Å². The average Bonchev–Trinajstić information content (AvgIpc) is 1.59. The van der Waals surface area contributed by atoms with Gasteiger partial charge in [-0.3, -0.25) is 0 Å². The molecule has 0 aromatic rings. The first-order valence-corrected chi connectivity index (χ1v) is 4.15. The first-order valence-electron chi connectivity index (χ1n) is 2.69. The molecule has 0 radical (unpaired) electrons. The lowest BCUT2D eigenvalue weighted by Crippen LogP contribution is -2.18. The van der Waals surface area contributed by atoms with E-state index in [1.54, 1.807) is 36.4 Å². The van der Waals surface area contributed by atoms with Gasteiger partial charge in [-0.15, -0.1) is 0 Å². The second kappa shape index (κ2) is 4.23. The average molecular weight is 278 g/mol. The van der Waals surface area contributed by atoms with Crippen molar-refractivity contribution in [2.45, 2.75) is 16.9 Å². The summed E-state index contributed by atoms with van der Waals surface area (Å²) in [5.74, 6) is 0. The molecule has 0 N–H and O–H groups in total. The molecule has 0 amide bonds. The molecule has 0 bridgehead atoms. The first kappa shape index (κ1) is 10.3. The fraction of sp³-hybridized carbons (Fsp3) is 0.800. The van der Waals surface area contributed by atoms with Crippen molar-refractivity contribution in [2.75, 3.05) is 6.61 Å². The van der Waals surface area contributed by atoms with E-state index < -0.39 is 9.22 Å². The van der Waals surface area contributed by atoms with Gasteiger partial charge in [0.25, 0.3) is 0 Å². The third-order valence-corrected chi connectivity index (χ3v) is 0.822. The van der Waals surface area contributed by atoms with E-state index in [-0.39, 0.29) is 0 Å². The molecular weight excluding hydrogens is 270 g/mol. The van der Waals surface area contributed by atoms with E-state index in [2.05, 4.69) is 9.47 Å². The van der Waals surface area contributed by atoms with E-state index in [0.29, 0.717) is 6.61 Å². The number of ether oxygens (including phenoxy) is 2. The van der Waals surface area contributed by atoms with Crippen LogP contribution in [0, 0.1) is 0 Å². The van der Waals surface area contributed by atoms with Gasteiger partial charge in [0.1, 0.15) is 0 Å². The summed E-state index contributed by atoms with van der Waals surface area (Å²) < 4.78 is 8.03. The maximum absolute atomic E-state index is 10.5. The molecule has 0 aliphatic heterocycles. The van der Waals surface area contributed by atoms with Crippen molar-refractivity contribution in [3.8, 4) is 0 Å². The van der Waals surface area contributed by atoms with E-state index in [9.17, 15) is 4.79 Å². The smallest absolute Gasteiger partial charge is 0.435 e. The van der Waals surface area contributed by atoms with Crippen molar-refractivity contribution in [3.05, 3.63) is 0 Å². The van der Waals surface area contributed by atoms with Crippen LogP contribution in [0.1, 0.15) is 13.8 Å². The Morgan fingerprint density at radius 3 is 2.60 bits per heavy atom. The Balaban J connectivity index is 3.58. The second-order valence-electron chi connectivity index (χ2n) is 1.59. The number of carbonyl (C=O) groups excluding carboxylic acids is 1. The predicted octanol–water partition coefficient (Wildman–Crippen LogP) is 2.51. The zero-order chi connectivity index (χ0) is 8.20. The molecule has 0 rings (SSSR count). The van der Waals surface area contributed by atoms with E-state index in [0.717, 1.165) is 0 Å². The van der Waals surface area contributed by atoms with Crippen LogP contribution in [0.25, 0.3) is 0 Å². The number of halogens is 2. The van der Waals surface area contributed by atoms with Crippen molar-refractivity contribution in [1.82, 2.24) is 0 Å². The molecule has 10 heavy (non-hydrogen) atoms. The number of hydrogen-bond acceptors (Lipinski definition) is 3. The van der Waals surface area contributed by atoms with Crippen LogP contribution in [-0.2, 0) is 9.47 Å². The Labute approximate surface area is 78.2 Å². The minimum Gasteiger partial charge on any atom is -0.435 e. The lowest BCUT2D eigenvalue weighted by atomic mass is 10.8. The molecule has 0 aliphatic rings. The highest BCUT2D eigenvalue weighted by atomic mass is 127. The molecule has 3 nitrogen and oxygen atoms in total. The largest absolute Gasteiger partial charge is 0.510 e. The molecule has 1 unspecified atom stereocenters. The number of hydrogen-bond donors (Lipinski definition) is 0. The van der Waals surface area contributed by atoms with E-state index in [4.69, 9.17) is 11.6 Å². The Bertz CT molecular complexity index is 121. The van der Waals surface area contributed by atoms with Gasteiger partial charge in [0.2, 0.25) is 3.07 Å². The highest BCUT2D eigenvalue weighted by Gasteiger charge is 2.21. The van der Waals surface area contributed by atoms with Gasteiger partial charge in [0.15, 0.2) is 0 Å². The van der Waals surface area contributed by atoms with Crippen LogP contribution in [0.5, 0.6) is 0 Å². The fourth-order valence-electron chi connectivity index (χ4n) is 0.294. The molecule has 0 spiro atoms. The standard InChI is InChI=1S/C5H8ClIO3/c1-3-9-4(8)10-5(2,6)7/h3H2,1-2H3. The number of rotatable bonds is 2. The van der Waals surface area contributed by atoms with Crippen LogP contribution >= 0.6 is 34.2 Å². The number of alkyl halides is 2. The van der Waals surface area contributed by atoms with E-state index >= 15 is 0 Å². The molecule has 5 heteroatoms. The summed E-state index contributed by atoms with van der Waals surface area (Å²) in [6.07, 6.45) is -0.741. The first-order chi connectivity index (χ1) is 4.45. The minimum absolute atomic E-state index is 0.294. The summed E-state index contributed by atoms with van der Waals surface area (Å²) in [5, 5.41) is 0. The Morgan fingerprint density at radius 1 is 1.80 bits per heavy atom. The van der Waals surface area contributed by atoms with Crippen LogP contribution < -0.4 is 0 Å². The Kier molecular flexibility index (Phi) is 4.35. The topological polar surface area (TPSA) is 35.5 Å². The predicted molar refractivity (Wildman–Crippen MR) is 46.4 cm³/mol.